The molecule has 1 saturated carbocycles. The summed E-state index contributed by atoms with van der Waals surface area (Å²) in [5.74, 6) is 0.303. The highest BCUT2D eigenvalue weighted by Gasteiger charge is 2.59. The summed E-state index contributed by atoms with van der Waals surface area (Å²) >= 11 is 1.57. The molecule has 3 aliphatic rings. The van der Waals surface area contributed by atoms with Gasteiger partial charge in [-0.1, -0.05) is 24.3 Å². The summed E-state index contributed by atoms with van der Waals surface area (Å²) in [5, 5.41) is 0. The maximum atomic E-state index is 12.7. The van der Waals surface area contributed by atoms with Crippen molar-refractivity contribution in [2.45, 2.75) is 11.3 Å². The van der Waals surface area contributed by atoms with Gasteiger partial charge in [0.25, 0.3) is 0 Å². The summed E-state index contributed by atoms with van der Waals surface area (Å²) in [5.41, 5.74) is 0.754. The number of imide groups is 1. The van der Waals surface area contributed by atoms with Crippen LogP contribution in [-0.4, -0.2) is 18.1 Å². The van der Waals surface area contributed by atoms with Crippen molar-refractivity contribution in [3.63, 3.8) is 0 Å². The first-order valence-electron chi connectivity index (χ1n) is 6.91. The van der Waals surface area contributed by atoms with E-state index in [4.69, 9.17) is 0 Å². The lowest BCUT2D eigenvalue weighted by atomic mass is 9.85. The molecule has 4 atom stereocenters. The number of amides is 2. The highest BCUT2D eigenvalue weighted by atomic mass is 32.2. The molecule has 1 aromatic rings. The van der Waals surface area contributed by atoms with Crippen LogP contribution in [0.2, 0.25) is 0 Å². The molecule has 4 heteroatoms. The molecule has 2 fully saturated rings. The molecule has 1 aliphatic heterocycles. The van der Waals surface area contributed by atoms with Crippen molar-refractivity contribution >= 4 is 29.3 Å². The molecular weight excluding hydrogens is 270 g/mol. The van der Waals surface area contributed by atoms with Crippen LogP contribution in [0.25, 0.3) is 0 Å². The molecule has 3 nitrogen and oxygen atoms in total. The van der Waals surface area contributed by atoms with Crippen LogP contribution in [0.3, 0.4) is 0 Å². The van der Waals surface area contributed by atoms with Gasteiger partial charge in [-0.15, -0.1) is 11.8 Å². The number of anilines is 1. The number of rotatable bonds is 2. The van der Waals surface area contributed by atoms with Crippen molar-refractivity contribution in [2.75, 3.05) is 11.2 Å². The van der Waals surface area contributed by atoms with Crippen LogP contribution in [0.15, 0.2) is 41.3 Å². The predicted octanol–water partition coefficient (Wildman–Crippen LogP) is 2.72. The molecule has 0 aromatic heterocycles. The largest absolute Gasteiger partial charge is 0.274 e. The van der Waals surface area contributed by atoms with E-state index in [-0.39, 0.29) is 35.5 Å². The minimum atomic E-state index is -0.118. The molecule has 1 heterocycles. The first-order valence-corrected chi connectivity index (χ1v) is 8.14. The van der Waals surface area contributed by atoms with E-state index in [0.29, 0.717) is 0 Å². The molecule has 0 unspecified atom stereocenters. The molecule has 20 heavy (non-hydrogen) atoms. The Kier molecular flexibility index (Phi) is 2.58. The first kappa shape index (κ1) is 12.2. The van der Waals surface area contributed by atoms with E-state index < -0.39 is 0 Å². The van der Waals surface area contributed by atoms with Crippen LogP contribution in [0.1, 0.15) is 6.42 Å². The fourth-order valence-corrected chi connectivity index (χ4v) is 4.54. The molecule has 2 bridgehead atoms. The van der Waals surface area contributed by atoms with Crippen LogP contribution < -0.4 is 4.90 Å². The molecule has 1 saturated heterocycles. The Bertz CT molecular complexity index is 609. The van der Waals surface area contributed by atoms with Gasteiger partial charge in [-0.3, -0.25) is 9.59 Å². The summed E-state index contributed by atoms with van der Waals surface area (Å²) < 4.78 is 0. The van der Waals surface area contributed by atoms with Gasteiger partial charge in [-0.2, -0.15) is 0 Å². The normalized spacial score (nSPS) is 34.1. The molecule has 0 N–H and O–H groups in total. The number of fused-ring (bicyclic) bond motifs is 5. The zero-order chi connectivity index (χ0) is 13.9. The third-order valence-electron chi connectivity index (χ3n) is 4.80. The van der Waals surface area contributed by atoms with Gasteiger partial charge in [0.05, 0.1) is 17.5 Å². The molecule has 102 valence electrons. The van der Waals surface area contributed by atoms with Crippen LogP contribution in [0, 0.1) is 23.7 Å². The third-order valence-corrected chi connectivity index (χ3v) is 5.58. The Balaban J connectivity index is 1.78. The Hall–Kier alpha value is -1.55. The number of benzene rings is 1. The van der Waals surface area contributed by atoms with Gasteiger partial charge in [-0.25, -0.2) is 4.90 Å². The summed E-state index contributed by atoms with van der Waals surface area (Å²) in [6.07, 6.45) is 7.20. The number of carbonyl (C=O) groups is 2. The quantitative estimate of drug-likeness (QED) is 0.476. The Morgan fingerprint density at radius 3 is 2.25 bits per heavy atom. The van der Waals surface area contributed by atoms with E-state index in [1.807, 2.05) is 30.5 Å². The van der Waals surface area contributed by atoms with Crippen LogP contribution >= 0.6 is 11.8 Å². The molecule has 4 rings (SSSR count). The average Bonchev–Trinajstić information content (AvgIpc) is 3.13. The maximum absolute atomic E-state index is 12.7. The SMILES string of the molecule is CSc1ccccc1N1C(=O)[C@@H]2[C@@H](C1=O)[C@H]1C=C[C@H]2C1. The Morgan fingerprint density at radius 2 is 1.65 bits per heavy atom. The van der Waals surface area contributed by atoms with Crippen molar-refractivity contribution in [2.24, 2.45) is 23.7 Å². The third kappa shape index (κ3) is 1.43. The van der Waals surface area contributed by atoms with Crippen molar-refractivity contribution in [1.29, 1.82) is 0 Å². The molecule has 2 amide bonds. The van der Waals surface area contributed by atoms with Gasteiger partial charge in [0.15, 0.2) is 0 Å². The van der Waals surface area contributed by atoms with Crippen molar-refractivity contribution in [3.05, 3.63) is 36.4 Å². The molecule has 0 radical (unpaired) electrons. The topological polar surface area (TPSA) is 37.4 Å². The van der Waals surface area contributed by atoms with Gasteiger partial charge < -0.3 is 0 Å². The summed E-state index contributed by atoms with van der Waals surface area (Å²) in [4.78, 5) is 27.9. The smallest absolute Gasteiger partial charge is 0.238 e. The van der Waals surface area contributed by atoms with Gasteiger partial charge in [0.1, 0.15) is 0 Å². The number of hydrogen-bond donors (Lipinski definition) is 0. The predicted molar refractivity (Wildman–Crippen MR) is 78.4 cm³/mol. The van der Waals surface area contributed by atoms with Gasteiger partial charge in [-0.05, 0) is 36.6 Å². The van der Waals surface area contributed by atoms with E-state index in [1.165, 1.54) is 4.90 Å². The molecule has 0 spiro atoms. The molecule has 1 aromatic carbocycles. The number of carbonyl (C=O) groups excluding carboxylic acids is 2. The molecular formula is C16H15NO2S. The fourth-order valence-electron chi connectivity index (χ4n) is 3.95. The Morgan fingerprint density at radius 1 is 1.05 bits per heavy atom. The van der Waals surface area contributed by atoms with Gasteiger partial charge in [0, 0.05) is 4.90 Å². The minimum Gasteiger partial charge on any atom is -0.274 e. The number of allylic oxidation sites excluding steroid dienone is 2. The minimum absolute atomic E-state index is 0.00153. The summed E-state index contributed by atoms with van der Waals surface area (Å²) in [6.45, 7) is 0. The van der Waals surface area contributed by atoms with Crippen LogP contribution in [-0.2, 0) is 9.59 Å². The highest BCUT2D eigenvalue weighted by Crippen LogP contribution is 2.53. The van der Waals surface area contributed by atoms with E-state index in [2.05, 4.69) is 12.2 Å². The van der Waals surface area contributed by atoms with E-state index >= 15 is 0 Å². The van der Waals surface area contributed by atoms with Crippen LogP contribution in [0.4, 0.5) is 5.69 Å². The second-order valence-corrected chi connectivity index (χ2v) is 6.53. The zero-order valence-corrected chi connectivity index (χ0v) is 12.0. The van der Waals surface area contributed by atoms with Gasteiger partial charge in [0.2, 0.25) is 11.8 Å². The Labute approximate surface area is 122 Å². The van der Waals surface area contributed by atoms with Crippen molar-refractivity contribution in [1.82, 2.24) is 0 Å². The van der Waals surface area contributed by atoms with E-state index in [1.54, 1.807) is 11.8 Å². The average molecular weight is 285 g/mol. The zero-order valence-electron chi connectivity index (χ0n) is 11.2. The summed E-state index contributed by atoms with van der Waals surface area (Å²) in [6, 6.07) is 7.66. The van der Waals surface area contributed by atoms with Crippen molar-refractivity contribution < 1.29 is 9.59 Å². The van der Waals surface area contributed by atoms with E-state index in [0.717, 1.165) is 17.0 Å². The number of para-hydroxylation sites is 1. The monoisotopic (exact) mass is 285 g/mol. The van der Waals surface area contributed by atoms with E-state index in [9.17, 15) is 9.59 Å². The highest BCUT2D eigenvalue weighted by molar-refractivity contribution is 7.98. The maximum Gasteiger partial charge on any atom is 0.238 e. The first-order chi connectivity index (χ1) is 9.72. The lowest BCUT2D eigenvalue weighted by Gasteiger charge is -2.19. The lowest BCUT2D eigenvalue weighted by Crippen LogP contribution is -2.33. The van der Waals surface area contributed by atoms with Gasteiger partial charge >= 0.3 is 0 Å². The standard InChI is InChI=1S/C16H15NO2S/c1-20-12-5-3-2-4-11(12)17-15(18)13-9-6-7-10(8-9)14(13)16(17)19/h2-7,9-10,13-14H,8H2,1H3/t9-,10-,13-,14-/m0/s1. The lowest BCUT2D eigenvalue weighted by molar-refractivity contribution is -0.123. The number of hydrogen-bond acceptors (Lipinski definition) is 3. The second-order valence-electron chi connectivity index (χ2n) is 5.68. The van der Waals surface area contributed by atoms with Crippen molar-refractivity contribution in [3.8, 4) is 0 Å². The van der Waals surface area contributed by atoms with Crippen LogP contribution in [0.5, 0.6) is 0 Å². The molecule has 2 aliphatic carbocycles. The summed E-state index contributed by atoms with van der Waals surface area (Å²) in [7, 11) is 0. The number of thioether (sulfide) groups is 1. The number of nitrogens with zero attached hydrogens (tertiary/aromatic N) is 1. The second kappa shape index (κ2) is 4.22. The fraction of sp³-hybridized carbons (Fsp3) is 0.375.